The molecule has 0 spiro atoms. The lowest BCUT2D eigenvalue weighted by molar-refractivity contribution is 0.144. The Hall–Kier alpha value is -0.120. The van der Waals surface area contributed by atoms with Gasteiger partial charge in [0.2, 0.25) is 0 Å². The highest BCUT2D eigenvalue weighted by molar-refractivity contribution is 4.58. The summed E-state index contributed by atoms with van der Waals surface area (Å²) in [6.45, 7) is 2.21. The number of nitrogens with zero attached hydrogens (tertiary/aromatic N) is 2. The maximum Gasteiger partial charge on any atom is 0.0540 e. The third-order valence-electron chi connectivity index (χ3n) is 2.54. The van der Waals surface area contributed by atoms with E-state index in [4.69, 9.17) is 0 Å². The van der Waals surface area contributed by atoms with Crippen molar-refractivity contribution < 1.29 is 5.11 Å². The topological polar surface area (TPSA) is 26.7 Å². The SMILES string of the molecule is CN(C)CCCCC(O)CCCN(C)C. The van der Waals surface area contributed by atoms with E-state index in [1.54, 1.807) is 0 Å². The number of rotatable bonds is 9. The van der Waals surface area contributed by atoms with Gasteiger partial charge in [0.15, 0.2) is 0 Å². The highest BCUT2D eigenvalue weighted by Gasteiger charge is 2.04. The third-order valence-corrected chi connectivity index (χ3v) is 2.54. The van der Waals surface area contributed by atoms with Crippen LogP contribution in [0.3, 0.4) is 0 Å². The van der Waals surface area contributed by atoms with Gasteiger partial charge in [0, 0.05) is 0 Å². The average molecular weight is 216 g/mol. The van der Waals surface area contributed by atoms with Crippen LogP contribution in [-0.2, 0) is 0 Å². The van der Waals surface area contributed by atoms with Gasteiger partial charge in [-0.2, -0.15) is 0 Å². The Morgan fingerprint density at radius 2 is 1.27 bits per heavy atom. The largest absolute Gasteiger partial charge is 0.393 e. The Balaban J connectivity index is 3.22. The molecule has 0 aliphatic heterocycles. The summed E-state index contributed by atoms with van der Waals surface area (Å²) in [7, 11) is 8.33. The molecule has 92 valence electrons. The van der Waals surface area contributed by atoms with Gasteiger partial charge in [-0.05, 0) is 73.4 Å². The first-order valence-electron chi connectivity index (χ1n) is 6.00. The van der Waals surface area contributed by atoms with Gasteiger partial charge < -0.3 is 14.9 Å². The smallest absolute Gasteiger partial charge is 0.0540 e. The van der Waals surface area contributed by atoms with Crippen molar-refractivity contribution >= 4 is 0 Å². The van der Waals surface area contributed by atoms with Crippen molar-refractivity contribution in [2.24, 2.45) is 0 Å². The molecule has 0 fully saturated rings. The minimum absolute atomic E-state index is 0.0906. The molecule has 3 nitrogen and oxygen atoms in total. The fraction of sp³-hybridized carbons (Fsp3) is 1.00. The van der Waals surface area contributed by atoms with Crippen LogP contribution in [0.25, 0.3) is 0 Å². The molecule has 0 amide bonds. The Kier molecular flexibility index (Phi) is 9.06. The molecule has 0 aromatic carbocycles. The summed E-state index contributed by atoms with van der Waals surface area (Å²) in [4.78, 5) is 4.36. The first-order valence-corrected chi connectivity index (χ1v) is 6.00. The van der Waals surface area contributed by atoms with E-state index in [2.05, 4.69) is 38.0 Å². The van der Waals surface area contributed by atoms with Gasteiger partial charge in [-0.1, -0.05) is 0 Å². The summed E-state index contributed by atoms with van der Waals surface area (Å²) in [5.74, 6) is 0. The number of aliphatic hydroxyl groups excluding tert-OH is 1. The summed E-state index contributed by atoms with van der Waals surface area (Å²) in [5, 5.41) is 9.70. The van der Waals surface area contributed by atoms with Gasteiger partial charge in [-0.25, -0.2) is 0 Å². The highest BCUT2D eigenvalue weighted by atomic mass is 16.3. The average Bonchev–Trinajstić information content (AvgIpc) is 2.11. The second kappa shape index (κ2) is 9.13. The molecule has 0 rings (SSSR count). The number of unbranched alkanes of at least 4 members (excludes halogenated alkanes) is 1. The number of hydrogen-bond donors (Lipinski definition) is 1. The molecule has 0 aromatic rings. The molecule has 0 aliphatic rings. The second-order valence-electron chi connectivity index (χ2n) is 4.90. The molecule has 1 atom stereocenters. The normalized spacial score (nSPS) is 13.8. The molecule has 15 heavy (non-hydrogen) atoms. The zero-order valence-electron chi connectivity index (χ0n) is 10.9. The highest BCUT2D eigenvalue weighted by Crippen LogP contribution is 2.07. The summed E-state index contributed by atoms with van der Waals surface area (Å²) in [6.07, 6.45) is 5.24. The molecule has 0 heterocycles. The molecule has 0 aromatic heterocycles. The predicted molar refractivity (Wildman–Crippen MR) is 66.2 cm³/mol. The van der Waals surface area contributed by atoms with E-state index in [-0.39, 0.29) is 6.10 Å². The minimum atomic E-state index is -0.0906. The molecular weight excluding hydrogens is 188 g/mol. The maximum absolute atomic E-state index is 9.70. The van der Waals surface area contributed by atoms with Crippen LogP contribution in [0.1, 0.15) is 32.1 Å². The van der Waals surface area contributed by atoms with Gasteiger partial charge >= 0.3 is 0 Å². The zero-order valence-corrected chi connectivity index (χ0v) is 10.9. The molecular formula is C12H28N2O. The van der Waals surface area contributed by atoms with E-state index in [1.807, 2.05) is 0 Å². The molecule has 0 saturated carbocycles. The maximum atomic E-state index is 9.70. The molecule has 1 N–H and O–H groups in total. The van der Waals surface area contributed by atoms with Gasteiger partial charge in [0.05, 0.1) is 6.10 Å². The lowest BCUT2D eigenvalue weighted by Crippen LogP contribution is -2.16. The quantitative estimate of drug-likeness (QED) is 0.591. The molecule has 0 radical (unpaired) electrons. The standard InChI is InChI=1S/C12H28N2O/c1-13(2)10-6-5-8-12(15)9-7-11-14(3)4/h12,15H,5-11H2,1-4H3. The van der Waals surface area contributed by atoms with Crippen molar-refractivity contribution in [3.05, 3.63) is 0 Å². The van der Waals surface area contributed by atoms with Crippen molar-refractivity contribution in [3.8, 4) is 0 Å². The lowest BCUT2D eigenvalue weighted by atomic mass is 10.1. The predicted octanol–water partition coefficient (Wildman–Crippen LogP) is 1.42. The molecule has 3 heteroatoms. The monoisotopic (exact) mass is 216 g/mol. The Bertz CT molecular complexity index is 138. The summed E-state index contributed by atoms with van der Waals surface area (Å²) >= 11 is 0. The van der Waals surface area contributed by atoms with Crippen LogP contribution in [0.4, 0.5) is 0 Å². The van der Waals surface area contributed by atoms with Crippen molar-refractivity contribution in [1.82, 2.24) is 9.80 Å². The van der Waals surface area contributed by atoms with Crippen LogP contribution in [0, 0.1) is 0 Å². The summed E-state index contributed by atoms with van der Waals surface area (Å²) < 4.78 is 0. The van der Waals surface area contributed by atoms with E-state index >= 15 is 0 Å². The first kappa shape index (κ1) is 14.9. The number of aliphatic hydroxyl groups is 1. The van der Waals surface area contributed by atoms with Crippen LogP contribution >= 0.6 is 0 Å². The van der Waals surface area contributed by atoms with Gasteiger partial charge in [-0.15, -0.1) is 0 Å². The lowest BCUT2D eigenvalue weighted by Gasteiger charge is -2.14. The van der Waals surface area contributed by atoms with E-state index in [0.717, 1.165) is 38.8 Å². The van der Waals surface area contributed by atoms with E-state index < -0.39 is 0 Å². The van der Waals surface area contributed by atoms with E-state index in [9.17, 15) is 5.11 Å². The van der Waals surface area contributed by atoms with Crippen molar-refractivity contribution in [2.45, 2.75) is 38.2 Å². The molecule has 0 saturated heterocycles. The fourth-order valence-electron chi connectivity index (χ4n) is 1.60. The summed E-state index contributed by atoms with van der Waals surface area (Å²) in [6, 6.07) is 0. The van der Waals surface area contributed by atoms with Crippen LogP contribution in [-0.4, -0.2) is 62.3 Å². The van der Waals surface area contributed by atoms with Crippen LogP contribution in [0.15, 0.2) is 0 Å². The summed E-state index contributed by atoms with van der Waals surface area (Å²) in [5.41, 5.74) is 0. The van der Waals surface area contributed by atoms with Crippen LogP contribution in [0.2, 0.25) is 0 Å². The van der Waals surface area contributed by atoms with Gasteiger partial charge in [-0.3, -0.25) is 0 Å². The fourth-order valence-corrected chi connectivity index (χ4v) is 1.60. The molecule has 1 unspecified atom stereocenters. The van der Waals surface area contributed by atoms with Crippen molar-refractivity contribution in [3.63, 3.8) is 0 Å². The zero-order chi connectivity index (χ0) is 11.7. The van der Waals surface area contributed by atoms with E-state index in [1.165, 1.54) is 6.42 Å². The van der Waals surface area contributed by atoms with Gasteiger partial charge in [0.25, 0.3) is 0 Å². The second-order valence-corrected chi connectivity index (χ2v) is 4.90. The third kappa shape index (κ3) is 11.8. The Labute approximate surface area is 95.1 Å². The molecule has 0 aliphatic carbocycles. The number of hydrogen-bond acceptors (Lipinski definition) is 3. The van der Waals surface area contributed by atoms with Crippen molar-refractivity contribution in [2.75, 3.05) is 41.3 Å². The van der Waals surface area contributed by atoms with E-state index in [0.29, 0.717) is 0 Å². The molecule has 0 bridgehead atoms. The minimum Gasteiger partial charge on any atom is -0.393 e. The van der Waals surface area contributed by atoms with Crippen LogP contribution in [0.5, 0.6) is 0 Å². The Morgan fingerprint density at radius 3 is 1.80 bits per heavy atom. The van der Waals surface area contributed by atoms with Gasteiger partial charge in [0.1, 0.15) is 0 Å². The van der Waals surface area contributed by atoms with Crippen molar-refractivity contribution in [1.29, 1.82) is 0 Å². The Morgan fingerprint density at radius 1 is 0.800 bits per heavy atom. The van der Waals surface area contributed by atoms with Crippen LogP contribution < -0.4 is 0 Å². The first-order chi connectivity index (χ1) is 7.02.